The molecule has 0 bridgehead atoms. The van der Waals surface area contributed by atoms with Crippen molar-refractivity contribution in [3.05, 3.63) is 35.1 Å². The molecule has 1 aliphatic rings. The van der Waals surface area contributed by atoms with Gasteiger partial charge in [-0.25, -0.2) is 22.8 Å². The number of benzene rings is 1. The molecule has 2 N–H and O–H groups in total. The largest absolute Gasteiger partial charge is 0.479 e. The highest BCUT2D eigenvalue weighted by atomic mass is 32.2. The zero-order valence-corrected chi connectivity index (χ0v) is 17.5. The number of rotatable bonds is 6. The van der Waals surface area contributed by atoms with Gasteiger partial charge < -0.3 is 20.1 Å². The Kier molecular flexibility index (Phi) is 7.62. The second-order valence-corrected chi connectivity index (χ2v) is 8.95. The Morgan fingerprint density at radius 1 is 1.23 bits per heavy atom. The number of aliphatic carboxylic acids is 1. The number of carboxylic acid groups (broad SMARTS) is 1. The van der Waals surface area contributed by atoms with E-state index < -0.39 is 52.4 Å². The van der Waals surface area contributed by atoms with Crippen LogP contribution in [-0.2, 0) is 20.7 Å². The van der Waals surface area contributed by atoms with Gasteiger partial charge in [0.05, 0.1) is 0 Å². The van der Waals surface area contributed by atoms with Crippen LogP contribution >= 0.6 is 11.8 Å². The average Bonchev–Trinajstić information content (AvgIpc) is 3.08. The third kappa shape index (κ3) is 6.54. The number of amides is 2. The number of nitrogens with one attached hydrogen (secondary N) is 1. The fourth-order valence-corrected chi connectivity index (χ4v) is 3.96. The number of thioether (sulfide) groups is 1. The molecule has 166 valence electrons. The summed E-state index contributed by atoms with van der Waals surface area (Å²) in [6.07, 6.45) is -1.58. The summed E-state index contributed by atoms with van der Waals surface area (Å²) in [7, 11) is 0. The van der Waals surface area contributed by atoms with Gasteiger partial charge in [-0.3, -0.25) is 4.79 Å². The van der Waals surface area contributed by atoms with Crippen molar-refractivity contribution < 1.29 is 37.4 Å². The number of hydrogen-bond acceptors (Lipinski definition) is 5. The van der Waals surface area contributed by atoms with E-state index in [1.165, 1.54) is 0 Å². The Balaban J connectivity index is 2.20. The van der Waals surface area contributed by atoms with E-state index in [0.717, 1.165) is 16.7 Å². The van der Waals surface area contributed by atoms with Crippen molar-refractivity contribution >= 4 is 29.7 Å². The number of nitrogens with zero attached hydrogens (tertiary/aromatic N) is 1. The number of alkyl carbamates (subject to hydrolysis) is 1. The maximum atomic E-state index is 14.1. The molecule has 0 aliphatic carbocycles. The predicted octanol–water partition coefficient (Wildman–Crippen LogP) is 2.92. The van der Waals surface area contributed by atoms with Crippen LogP contribution in [0.1, 0.15) is 32.8 Å². The van der Waals surface area contributed by atoms with Crippen LogP contribution < -0.4 is 5.32 Å². The number of hydrogen-bond donors (Lipinski definition) is 2. The van der Waals surface area contributed by atoms with Crippen LogP contribution in [0.3, 0.4) is 0 Å². The monoisotopic (exact) mass is 448 g/mol. The number of carbonyl (C=O) groups excluding carboxylic acids is 2. The van der Waals surface area contributed by atoms with Gasteiger partial charge in [0.15, 0.2) is 17.0 Å². The molecule has 2 amide bonds. The molecule has 2 rings (SSSR count). The SMILES string of the molecule is CC(C)(C)OC(=O)N[C@@H](CC(=O)N1CCS[C@@H]1C(=O)O)Cc1cc(F)c(F)cc1F. The first-order chi connectivity index (χ1) is 13.9. The smallest absolute Gasteiger partial charge is 0.407 e. The summed E-state index contributed by atoms with van der Waals surface area (Å²) in [5.41, 5.74) is -1.08. The van der Waals surface area contributed by atoms with E-state index in [2.05, 4.69) is 5.32 Å². The quantitative estimate of drug-likeness (QED) is 0.650. The van der Waals surface area contributed by atoms with Crippen molar-refractivity contribution in [3.8, 4) is 0 Å². The standard InChI is InChI=1S/C19H23F3N2O5S/c1-19(2,3)29-18(28)23-11(6-10-7-13(21)14(22)9-12(10)20)8-15(25)24-4-5-30-16(24)17(26)27/h7,9,11,16H,4-6,8H2,1-3H3,(H,23,28)(H,26,27)/t11-,16-/m1/s1. The molecule has 0 saturated carbocycles. The van der Waals surface area contributed by atoms with E-state index in [4.69, 9.17) is 4.74 Å². The zero-order chi connectivity index (χ0) is 22.6. The Morgan fingerprint density at radius 3 is 2.47 bits per heavy atom. The average molecular weight is 448 g/mol. The van der Waals surface area contributed by atoms with E-state index >= 15 is 0 Å². The fourth-order valence-electron chi connectivity index (χ4n) is 2.89. The van der Waals surface area contributed by atoms with Gasteiger partial charge in [-0.05, 0) is 38.8 Å². The van der Waals surface area contributed by atoms with Gasteiger partial charge in [0, 0.05) is 30.8 Å². The summed E-state index contributed by atoms with van der Waals surface area (Å²) in [5.74, 6) is -4.97. The first kappa shape index (κ1) is 23.8. The second kappa shape index (κ2) is 9.59. The third-order valence-electron chi connectivity index (χ3n) is 4.12. The highest BCUT2D eigenvalue weighted by Gasteiger charge is 2.36. The molecule has 1 heterocycles. The minimum absolute atomic E-state index is 0.208. The molecule has 1 aromatic carbocycles. The molecule has 0 unspecified atom stereocenters. The molecule has 1 saturated heterocycles. The molecule has 1 aliphatic heterocycles. The van der Waals surface area contributed by atoms with Gasteiger partial charge in [-0.2, -0.15) is 0 Å². The lowest BCUT2D eigenvalue weighted by Gasteiger charge is -2.26. The highest BCUT2D eigenvalue weighted by Crippen LogP contribution is 2.25. The number of ether oxygens (including phenoxy) is 1. The minimum Gasteiger partial charge on any atom is -0.479 e. The van der Waals surface area contributed by atoms with Crippen molar-refractivity contribution in [3.63, 3.8) is 0 Å². The predicted molar refractivity (Wildman–Crippen MR) is 103 cm³/mol. The lowest BCUT2D eigenvalue weighted by molar-refractivity contribution is -0.145. The molecule has 1 fully saturated rings. The van der Waals surface area contributed by atoms with Gasteiger partial charge in [0.2, 0.25) is 5.91 Å². The number of carboxylic acids is 1. The maximum Gasteiger partial charge on any atom is 0.407 e. The van der Waals surface area contributed by atoms with Crippen LogP contribution in [0.4, 0.5) is 18.0 Å². The van der Waals surface area contributed by atoms with E-state index in [0.29, 0.717) is 17.9 Å². The van der Waals surface area contributed by atoms with E-state index in [1.54, 1.807) is 20.8 Å². The molecule has 7 nitrogen and oxygen atoms in total. The number of carbonyl (C=O) groups is 3. The van der Waals surface area contributed by atoms with Crippen molar-refractivity contribution in [1.29, 1.82) is 0 Å². The number of halogens is 3. The summed E-state index contributed by atoms with van der Waals surface area (Å²) >= 11 is 1.09. The lowest BCUT2D eigenvalue weighted by atomic mass is 10.0. The molecule has 11 heteroatoms. The van der Waals surface area contributed by atoms with Crippen LogP contribution in [0.2, 0.25) is 0 Å². The van der Waals surface area contributed by atoms with Crippen molar-refractivity contribution in [1.82, 2.24) is 10.2 Å². The Morgan fingerprint density at radius 2 is 1.87 bits per heavy atom. The van der Waals surface area contributed by atoms with Crippen LogP contribution in [0.25, 0.3) is 0 Å². The van der Waals surface area contributed by atoms with Crippen molar-refractivity contribution in [2.75, 3.05) is 12.3 Å². The molecular formula is C19H23F3N2O5S. The van der Waals surface area contributed by atoms with Crippen LogP contribution in [0.15, 0.2) is 12.1 Å². The summed E-state index contributed by atoms with van der Waals surface area (Å²) in [6, 6.07) is 0.00553. The lowest BCUT2D eigenvalue weighted by Crippen LogP contribution is -2.46. The topological polar surface area (TPSA) is 95.9 Å². The molecule has 0 spiro atoms. The molecule has 0 radical (unpaired) electrons. The van der Waals surface area contributed by atoms with Gasteiger partial charge in [0.1, 0.15) is 11.4 Å². The first-order valence-electron chi connectivity index (χ1n) is 9.14. The molecular weight excluding hydrogens is 425 g/mol. The third-order valence-corrected chi connectivity index (χ3v) is 5.31. The Hall–Kier alpha value is -2.43. The van der Waals surface area contributed by atoms with Gasteiger partial charge >= 0.3 is 12.1 Å². The van der Waals surface area contributed by atoms with E-state index in [1.807, 2.05) is 0 Å². The molecule has 1 aromatic rings. The summed E-state index contributed by atoms with van der Waals surface area (Å²) in [6.45, 7) is 5.08. The van der Waals surface area contributed by atoms with Crippen molar-refractivity contribution in [2.45, 2.75) is 50.6 Å². The summed E-state index contributed by atoms with van der Waals surface area (Å²) < 4.78 is 46.0. The normalized spacial score (nSPS) is 17.5. The highest BCUT2D eigenvalue weighted by molar-refractivity contribution is 8.00. The molecule has 0 aromatic heterocycles. The summed E-state index contributed by atoms with van der Waals surface area (Å²) in [5, 5.41) is 10.6. The Labute approximate surface area is 175 Å². The van der Waals surface area contributed by atoms with Crippen LogP contribution in [0, 0.1) is 17.5 Å². The molecule has 2 atom stereocenters. The van der Waals surface area contributed by atoms with Gasteiger partial charge in [-0.15, -0.1) is 11.8 Å². The van der Waals surface area contributed by atoms with Crippen LogP contribution in [0.5, 0.6) is 0 Å². The molecule has 30 heavy (non-hydrogen) atoms. The maximum absolute atomic E-state index is 14.1. The zero-order valence-electron chi connectivity index (χ0n) is 16.7. The van der Waals surface area contributed by atoms with Crippen LogP contribution in [-0.4, -0.2) is 57.3 Å². The Bertz CT molecular complexity index is 831. The van der Waals surface area contributed by atoms with Gasteiger partial charge in [0.25, 0.3) is 0 Å². The van der Waals surface area contributed by atoms with E-state index in [-0.39, 0.29) is 24.9 Å². The summed E-state index contributed by atoms with van der Waals surface area (Å²) in [4.78, 5) is 37.3. The fraction of sp³-hybridized carbons (Fsp3) is 0.526. The second-order valence-electron chi connectivity index (χ2n) is 7.76. The van der Waals surface area contributed by atoms with Crippen molar-refractivity contribution in [2.24, 2.45) is 0 Å². The van der Waals surface area contributed by atoms with Gasteiger partial charge in [-0.1, -0.05) is 0 Å². The first-order valence-corrected chi connectivity index (χ1v) is 10.2. The minimum atomic E-state index is -1.36. The van der Waals surface area contributed by atoms with E-state index in [9.17, 15) is 32.7 Å².